The zero-order chi connectivity index (χ0) is 36.9. The van der Waals surface area contributed by atoms with Crippen LogP contribution in [-0.2, 0) is 38.4 Å². The van der Waals surface area contributed by atoms with E-state index >= 15 is 0 Å². The molecule has 0 aromatic heterocycles. The fraction of sp³-hybridized carbons (Fsp3) is 0.794. The van der Waals surface area contributed by atoms with Crippen LogP contribution in [0.5, 0.6) is 0 Å². The number of hydrogen-bond donors (Lipinski definition) is 5. The minimum absolute atomic E-state index is 0.00524. The van der Waals surface area contributed by atoms with Gasteiger partial charge in [0, 0.05) is 31.4 Å². The molecule has 0 bridgehead atoms. The lowest BCUT2D eigenvalue weighted by Crippen LogP contribution is -2.53. The number of carboxylic acids is 3. The van der Waals surface area contributed by atoms with Crippen molar-refractivity contribution in [2.75, 3.05) is 18.1 Å². The highest BCUT2D eigenvalue weighted by Crippen LogP contribution is 2.17. The number of amides is 3. The van der Waals surface area contributed by atoms with E-state index in [9.17, 15) is 43.8 Å². The maximum absolute atomic E-state index is 13.2. The van der Waals surface area contributed by atoms with E-state index in [1.54, 1.807) is 0 Å². The molecule has 282 valence electrons. The number of hydrogen-bond acceptors (Lipinski definition) is 9. The van der Waals surface area contributed by atoms with E-state index in [0.29, 0.717) is 17.2 Å². The number of carbonyl (C=O) groups excluding carboxylic acids is 4. The van der Waals surface area contributed by atoms with Gasteiger partial charge in [0.25, 0.3) is 5.91 Å². The molecule has 5 N–H and O–H groups in total. The zero-order valence-electron chi connectivity index (χ0n) is 29.4. The van der Waals surface area contributed by atoms with Gasteiger partial charge in [-0.2, -0.15) is 16.8 Å². The van der Waals surface area contributed by atoms with Gasteiger partial charge in [0.05, 0.1) is 6.54 Å². The molecule has 0 aromatic rings. The Labute approximate surface area is 294 Å². The molecule has 0 rings (SSSR count). The minimum Gasteiger partial charge on any atom is -0.481 e. The normalized spacial score (nSPS) is 12.0. The van der Waals surface area contributed by atoms with E-state index in [1.807, 2.05) is 6.92 Å². The van der Waals surface area contributed by atoms with E-state index in [1.165, 1.54) is 63.1 Å². The van der Waals surface area contributed by atoms with Gasteiger partial charge in [-0.05, 0) is 31.4 Å². The van der Waals surface area contributed by atoms with Crippen LogP contribution in [0.1, 0.15) is 142 Å². The van der Waals surface area contributed by atoms with Crippen LogP contribution in [0.3, 0.4) is 0 Å². The fourth-order valence-corrected chi connectivity index (χ4v) is 5.73. The summed E-state index contributed by atoms with van der Waals surface area (Å²) in [6.07, 6.45) is 13.5. The van der Waals surface area contributed by atoms with Crippen molar-refractivity contribution in [2.24, 2.45) is 0 Å². The van der Waals surface area contributed by atoms with Crippen molar-refractivity contribution in [3.8, 4) is 0 Å². The minimum atomic E-state index is -1.56. The first-order valence-corrected chi connectivity index (χ1v) is 18.9. The Morgan fingerprint density at radius 2 is 1.18 bits per heavy atom. The Kier molecular flexibility index (Phi) is 27.5. The molecule has 14 nitrogen and oxygen atoms in total. The zero-order valence-corrected chi connectivity index (χ0v) is 30.2. The number of hydroxylamine groups is 2. The Bertz CT molecular complexity index is 1010. The fourth-order valence-electron chi connectivity index (χ4n) is 4.92. The SMILES string of the molecule is CCCCCCCCCCCCCCCC(=O)ON(C(=O)CCSCCC)[C@@H](CCC(=O)O)C(=O)NCC(=O)N[C@H](CCC(=O)O)C(=O)O. The van der Waals surface area contributed by atoms with Crippen LogP contribution in [0.4, 0.5) is 0 Å². The van der Waals surface area contributed by atoms with Crippen LogP contribution in [0, 0.1) is 0 Å². The summed E-state index contributed by atoms with van der Waals surface area (Å²) < 4.78 is 0. The maximum atomic E-state index is 13.2. The molecule has 0 radical (unpaired) electrons. The monoisotopic (exact) mass is 717 g/mol. The summed E-state index contributed by atoms with van der Waals surface area (Å²) in [6.45, 7) is 3.44. The van der Waals surface area contributed by atoms with Crippen molar-refractivity contribution in [3.63, 3.8) is 0 Å². The lowest BCUT2D eigenvalue weighted by Gasteiger charge is -2.29. The molecule has 2 atom stereocenters. The summed E-state index contributed by atoms with van der Waals surface area (Å²) in [4.78, 5) is 90.6. The largest absolute Gasteiger partial charge is 0.481 e. The van der Waals surface area contributed by atoms with E-state index in [-0.39, 0.29) is 19.3 Å². The van der Waals surface area contributed by atoms with Crippen LogP contribution >= 0.6 is 11.8 Å². The first kappa shape index (κ1) is 45.6. The van der Waals surface area contributed by atoms with Crippen LogP contribution in [0.15, 0.2) is 0 Å². The molecule has 0 saturated heterocycles. The average Bonchev–Trinajstić information content (AvgIpc) is 3.05. The van der Waals surface area contributed by atoms with Crippen LogP contribution < -0.4 is 10.6 Å². The van der Waals surface area contributed by atoms with E-state index in [4.69, 9.17) is 9.94 Å². The molecule has 49 heavy (non-hydrogen) atoms. The molecule has 0 unspecified atom stereocenters. The number of nitrogens with one attached hydrogen (secondary N) is 2. The predicted octanol–water partition coefficient (Wildman–Crippen LogP) is 5.07. The Hall–Kier alpha value is -3.36. The molecule has 15 heteroatoms. The second-order valence-electron chi connectivity index (χ2n) is 12.1. The highest BCUT2D eigenvalue weighted by molar-refractivity contribution is 7.99. The van der Waals surface area contributed by atoms with Gasteiger partial charge in [0.1, 0.15) is 12.1 Å². The molecular weight excluding hydrogens is 658 g/mol. The smallest absolute Gasteiger partial charge is 0.332 e. The summed E-state index contributed by atoms with van der Waals surface area (Å²) in [5.74, 6) is -6.18. The van der Waals surface area contributed by atoms with Crippen molar-refractivity contribution in [2.45, 2.75) is 154 Å². The van der Waals surface area contributed by atoms with Crippen molar-refractivity contribution >= 4 is 53.4 Å². The topological polar surface area (TPSA) is 217 Å². The number of carbonyl (C=O) groups is 7. The summed E-state index contributed by atoms with van der Waals surface area (Å²) in [6, 6.07) is -3.08. The van der Waals surface area contributed by atoms with Crippen LogP contribution in [0.25, 0.3) is 0 Å². The Morgan fingerprint density at radius 3 is 1.69 bits per heavy atom. The molecule has 0 saturated carbocycles. The van der Waals surface area contributed by atoms with Gasteiger partial charge >= 0.3 is 23.9 Å². The average molecular weight is 718 g/mol. The molecule has 0 aromatic carbocycles. The van der Waals surface area contributed by atoms with Crippen molar-refractivity contribution in [3.05, 3.63) is 0 Å². The number of thioether (sulfide) groups is 1. The van der Waals surface area contributed by atoms with E-state index in [0.717, 1.165) is 37.9 Å². The Morgan fingerprint density at radius 1 is 0.653 bits per heavy atom. The van der Waals surface area contributed by atoms with Gasteiger partial charge < -0.3 is 30.8 Å². The quantitative estimate of drug-likeness (QED) is 0.0469. The lowest BCUT2D eigenvalue weighted by atomic mass is 10.0. The summed E-state index contributed by atoms with van der Waals surface area (Å²) in [5, 5.41) is 32.4. The van der Waals surface area contributed by atoms with Crippen LogP contribution in [-0.4, -0.2) is 92.1 Å². The molecule has 0 heterocycles. The first-order valence-electron chi connectivity index (χ1n) is 17.8. The van der Waals surface area contributed by atoms with E-state index in [2.05, 4.69) is 17.6 Å². The van der Waals surface area contributed by atoms with Gasteiger partial charge in [-0.25, -0.2) is 9.59 Å². The number of unbranched alkanes of at least 4 members (excludes halogenated alkanes) is 12. The van der Waals surface area contributed by atoms with Gasteiger partial charge in [0.2, 0.25) is 11.8 Å². The molecule has 3 amide bonds. The molecule has 0 fully saturated rings. The highest BCUT2D eigenvalue weighted by atomic mass is 32.2. The molecular formula is C34H59N3O11S. The van der Waals surface area contributed by atoms with Gasteiger partial charge in [0.15, 0.2) is 0 Å². The standard InChI is InChI=1S/C34H59N3O11S/c1-3-5-6-7-8-9-10-11-12-13-14-15-16-17-32(44)48-37(29(39)22-24-49-23-4-2)27(19-21-31(42)43)33(45)35-25-28(38)36-26(34(46)47)18-20-30(40)41/h26-27H,3-25H2,1-2H3,(H,35,45)(H,36,38)(H,40,41)(H,42,43)(H,46,47)/t26-,27+/m1/s1. The van der Waals surface area contributed by atoms with Crippen molar-refractivity contribution in [1.82, 2.24) is 15.7 Å². The summed E-state index contributed by atoms with van der Waals surface area (Å²) >= 11 is 1.49. The van der Waals surface area contributed by atoms with E-state index < -0.39 is 79.5 Å². The van der Waals surface area contributed by atoms with Crippen LogP contribution in [0.2, 0.25) is 0 Å². The highest BCUT2D eigenvalue weighted by Gasteiger charge is 2.34. The number of nitrogens with zero attached hydrogens (tertiary/aromatic N) is 1. The second kappa shape index (κ2) is 29.5. The van der Waals surface area contributed by atoms with Gasteiger partial charge in [-0.15, -0.1) is 0 Å². The Balaban J connectivity index is 5.22. The second-order valence-corrected chi connectivity index (χ2v) is 13.3. The molecule has 0 aliphatic carbocycles. The summed E-state index contributed by atoms with van der Waals surface area (Å²) in [5.41, 5.74) is 0. The third-order valence-corrected chi connectivity index (χ3v) is 8.85. The number of aliphatic carboxylic acids is 3. The lowest BCUT2D eigenvalue weighted by molar-refractivity contribution is -0.208. The third kappa shape index (κ3) is 25.3. The van der Waals surface area contributed by atoms with Crippen molar-refractivity contribution in [1.29, 1.82) is 0 Å². The molecule has 0 aliphatic heterocycles. The van der Waals surface area contributed by atoms with Gasteiger partial charge in [-0.1, -0.05) is 90.9 Å². The third-order valence-electron chi connectivity index (χ3n) is 7.66. The van der Waals surface area contributed by atoms with Gasteiger partial charge in [-0.3, -0.25) is 24.0 Å². The molecule has 0 aliphatic rings. The first-order chi connectivity index (χ1) is 23.4. The predicted molar refractivity (Wildman–Crippen MR) is 186 cm³/mol. The molecule has 0 spiro atoms. The summed E-state index contributed by atoms with van der Waals surface area (Å²) in [7, 11) is 0. The number of carboxylic acid groups (broad SMARTS) is 3. The van der Waals surface area contributed by atoms with Crippen molar-refractivity contribution < 1.29 is 53.7 Å². The maximum Gasteiger partial charge on any atom is 0.332 e. The number of rotatable bonds is 31.